The lowest BCUT2D eigenvalue weighted by atomic mass is 10.0. The van der Waals surface area contributed by atoms with Gasteiger partial charge >= 0.3 is 5.97 Å². The second kappa shape index (κ2) is 6.07. The summed E-state index contributed by atoms with van der Waals surface area (Å²) in [5, 5.41) is 19.3. The molecule has 92 valence electrons. The van der Waals surface area contributed by atoms with Crippen molar-refractivity contribution >= 4 is 12.3 Å². The lowest BCUT2D eigenvalue weighted by Crippen LogP contribution is -2.30. The Bertz CT molecular complexity index is 407. The van der Waals surface area contributed by atoms with Gasteiger partial charge in [-0.2, -0.15) is 0 Å². The highest BCUT2D eigenvalue weighted by Crippen LogP contribution is 2.19. The number of aliphatic hydroxyl groups is 2. The van der Waals surface area contributed by atoms with Crippen molar-refractivity contribution in [2.75, 3.05) is 6.61 Å². The number of aldehydes is 1. The Labute approximate surface area is 97.9 Å². The Hall–Kier alpha value is -1.79. The molecule has 0 aliphatic heterocycles. The molecule has 0 aromatic carbocycles. The Morgan fingerprint density at radius 2 is 2.29 bits per heavy atom. The number of pyridine rings is 1. The first kappa shape index (κ1) is 13.3. The normalized spacial score (nSPS) is 13.8. The summed E-state index contributed by atoms with van der Waals surface area (Å²) in [4.78, 5) is 25.6. The fourth-order valence-corrected chi connectivity index (χ4v) is 1.30. The molecule has 0 aliphatic carbocycles. The van der Waals surface area contributed by atoms with Gasteiger partial charge in [0.1, 0.15) is 6.10 Å². The summed E-state index contributed by atoms with van der Waals surface area (Å²) in [5.74, 6) is -0.944. The van der Waals surface area contributed by atoms with Crippen LogP contribution in [0.15, 0.2) is 18.5 Å². The van der Waals surface area contributed by atoms with Crippen LogP contribution in [0.1, 0.15) is 28.9 Å². The molecule has 1 rings (SSSR count). The third-order valence-electron chi connectivity index (χ3n) is 2.16. The molecule has 0 amide bonds. The minimum absolute atomic E-state index is 0.0862. The van der Waals surface area contributed by atoms with E-state index in [-0.39, 0.29) is 17.7 Å². The van der Waals surface area contributed by atoms with Gasteiger partial charge in [-0.25, -0.2) is 4.79 Å². The maximum Gasteiger partial charge on any atom is 0.338 e. The van der Waals surface area contributed by atoms with E-state index in [1.54, 1.807) is 6.92 Å². The molecule has 0 aliphatic rings. The summed E-state index contributed by atoms with van der Waals surface area (Å²) in [6.45, 7) is 1.67. The van der Waals surface area contributed by atoms with Gasteiger partial charge in [0.2, 0.25) is 0 Å². The quantitative estimate of drug-likeness (QED) is 0.548. The fourth-order valence-electron chi connectivity index (χ4n) is 1.30. The Kier molecular flexibility index (Phi) is 4.74. The molecule has 2 atom stereocenters. The van der Waals surface area contributed by atoms with Gasteiger partial charge in [-0.1, -0.05) is 0 Å². The summed E-state index contributed by atoms with van der Waals surface area (Å²) in [5.41, 5.74) is 0.249. The average molecular weight is 239 g/mol. The topological polar surface area (TPSA) is 96.7 Å². The van der Waals surface area contributed by atoms with Crippen LogP contribution in [0.3, 0.4) is 0 Å². The van der Waals surface area contributed by atoms with E-state index in [2.05, 4.69) is 9.72 Å². The molecular weight excluding hydrogens is 226 g/mol. The predicted molar refractivity (Wildman–Crippen MR) is 57.2 cm³/mol. The van der Waals surface area contributed by atoms with Gasteiger partial charge < -0.3 is 14.9 Å². The summed E-state index contributed by atoms with van der Waals surface area (Å²) in [6, 6.07) is 1.38. The average Bonchev–Trinajstić information content (AvgIpc) is 2.37. The van der Waals surface area contributed by atoms with Gasteiger partial charge in [-0.15, -0.1) is 0 Å². The number of carbonyl (C=O) groups is 2. The van der Waals surface area contributed by atoms with Gasteiger partial charge in [0.25, 0.3) is 0 Å². The van der Waals surface area contributed by atoms with Crippen molar-refractivity contribution in [3.8, 4) is 0 Å². The molecule has 0 saturated heterocycles. The number of rotatable bonds is 5. The number of aromatic nitrogens is 1. The minimum Gasteiger partial charge on any atom is -0.464 e. The molecular formula is C11H13NO5. The van der Waals surface area contributed by atoms with E-state index in [1.807, 2.05) is 0 Å². The van der Waals surface area contributed by atoms with E-state index in [9.17, 15) is 19.8 Å². The van der Waals surface area contributed by atoms with Crippen molar-refractivity contribution in [2.24, 2.45) is 0 Å². The minimum atomic E-state index is -1.74. The summed E-state index contributed by atoms with van der Waals surface area (Å²) < 4.78 is 4.56. The maximum absolute atomic E-state index is 11.2. The smallest absolute Gasteiger partial charge is 0.338 e. The molecule has 0 fully saturated rings. The summed E-state index contributed by atoms with van der Waals surface area (Å²) in [6.07, 6.45) is -0.174. The fraction of sp³-hybridized carbons (Fsp3) is 0.364. The van der Waals surface area contributed by atoms with Crippen LogP contribution < -0.4 is 0 Å². The molecule has 6 heteroatoms. The van der Waals surface area contributed by atoms with Crippen LogP contribution in [0, 0.1) is 0 Å². The number of hydrogen-bond donors (Lipinski definition) is 2. The number of esters is 1. The zero-order valence-corrected chi connectivity index (χ0v) is 9.24. The third-order valence-corrected chi connectivity index (χ3v) is 2.16. The number of aliphatic hydroxyl groups excluding tert-OH is 2. The van der Waals surface area contributed by atoms with Gasteiger partial charge in [-0.3, -0.25) is 9.78 Å². The van der Waals surface area contributed by atoms with Gasteiger partial charge in [0.15, 0.2) is 12.4 Å². The van der Waals surface area contributed by atoms with Gasteiger partial charge in [0.05, 0.1) is 6.61 Å². The third kappa shape index (κ3) is 3.08. The lowest BCUT2D eigenvalue weighted by Gasteiger charge is -2.17. The first-order valence-electron chi connectivity index (χ1n) is 5.03. The van der Waals surface area contributed by atoms with Crippen molar-refractivity contribution in [1.82, 2.24) is 4.98 Å². The van der Waals surface area contributed by atoms with Crippen molar-refractivity contribution in [1.29, 1.82) is 0 Å². The molecule has 0 bridgehead atoms. The Balaban J connectivity index is 2.91. The van der Waals surface area contributed by atoms with E-state index in [0.29, 0.717) is 6.29 Å². The van der Waals surface area contributed by atoms with Crippen LogP contribution in [0.4, 0.5) is 0 Å². The SMILES string of the molecule is CCOC(=O)C(O)C(O)c1cnccc1C=O. The highest BCUT2D eigenvalue weighted by atomic mass is 16.5. The van der Waals surface area contributed by atoms with Gasteiger partial charge in [0, 0.05) is 23.5 Å². The molecule has 0 radical (unpaired) electrons. The van der Waals surface area contributed by atoms with E-state index >= 15 is 0 Å². The predicted octanol–water partition coefficient (Wildman–Crippen LogP) is -0.148. The molecule has 17 heavy (non-hydrogen) atoms. The monoisotopic (exact) mass is 239 g/mol. The van der Waals surface area contributed by atoms with Crippen LogP contribution in [-0.4, -0.2) is 40.2 Å². The molecule has 1 aromatic rings. The van der Waals surface area contributed by atoms with E-state index < -0.39 is 18.2 Å². The standard InChI is InChI=1S/C11H13NO5/c1-2-17-11(16)10(15)9(14)8-5-12-4-3-7(8)6-13/h3-6,9-10,14-15H,2H2,1H3. The lowest BCUT2D eigenvalue weighted by molar-refractivity contribution is -0.159. The van der Waals surface area contributed by atoms with Crippen molar-refractivity contribution in [3.63, 3.8) is 0 Å². The zero-order valence-electron chi connectivity index (χ0n) is 9.24. The number of ether oxygens (including phenoxy) is 1. The molecule has 6 nitrogen and oxygen atoms in total. The summed E-state index contributed by atoms with van der Waals surface area (Å²) >= 11 is 0. The summed E-state index contributed by atoms with van der Waals surface area (Å²) in [7, 11) is 0. The Morgan fingerprint density at radius 1 is 1.59 bits per heavy atom. The second-order valence-corrected chi connectivity index (χ2v) is 3.26. The van der Waals surface area contributed by atoms with Crippen LogP contribution in [0.25, 0.3) is 0 Å². The molecule has 1 heterocycles. The maximum atomic E-state index is 11.2. The molecule has 2 unspecified atom stereocenters. The van der Waals surface area contributed by atoms with Crippen molar-refractivity contribution < 1.29 is 24.5 Å². The van der Waals surface area contributed by atoms with E-state index in [1.165, 1.54) is 18.5 Å². The highest BCUT2D eigenvalue weighted by molar-refractivity contribution is 5.79. The van der Waals surface area contributed by atoms with E-state index in [4.69, 9.17) is 0 Å². The number of carbonyl (C=O) groups excluding carboxylic acids is 2. The zero-order chi connectivity index (χ0) is 12.8. The van der Waals surface area contributed by atoms with Crippen molar-refractivity contribution in [2.45, 2.75) is 19.1 Å². The molecule has 0 spiro atoms. The number of hydrogen-bond acceptors (Lipinski definition) is 6. The van der Waals surface area contributed by atoms with Crippen LogP contribution in [0.5, 0.6) is 0 Å². The molecule has 2 N–H and O–H groups in total. The molecule has 1 aromatic heterocycles. The molecule has 0 saturated carbocycles. The highest BCUT2D eigenvalue weighted by Gasteiger charge is 2.28. The van der Waals surface area contributed by atoms with Crippen molar-refractivity contribution in [3.05, 3.63) is 29.6 Å². The first-order chi connectivity index (χ1) is 8.11. The van der Waals surface area contributed by atoms with Crippen LogP contribution >= 0.6 is 0 Å². The van der Waals surface area contributed by atoms with E-state index in [0.717, 1.165) is 0 Å². The second-order valence-electron chi connectivity index (χ2n) is 3.26. The number of nitrogens with zero attached hydrogens (tertiary/aromatic N) is 1. The van der Waals surface area contributed by atoms with Crippen LogP contribution in [-0.2, 0) is 9.53 Å². The first-order valence-corrected chi connectivity index (χ1v) is 5.03. The van der Waals surface area contributed by atoms with Crippen LogP contribution in [0.2, 0.25) is 0 Å². The van der Waals surface area contributed by atoms with Gasteiger partial charge in [-0.05, 0) is 13.0 Å². The largest absolute Gasteiger partial charge is 0.464 e. The Morgan fingerprint density at radius 3 is 2.88 bits per heavy atom.